The zero-order valence-electron chi connectivity index (χ0n) is 11.8. The lowest BCUT2D eigenvalue weighted by atomic mass is 10.1. The van der Waals surface area contributed by atoms with Gasteiger partial charge in [-0.25, -0.2) is 0 Å². The molecule has 108 valence electrons. The van der Waals surface area contributed by atoms with Crippen molar-refractivity contribution in [3.63, 3.8) is 0 Å². The highest BCUT2D eigenvalue weighted by Gasteiger charge is 2.34. The summed E-state index contributed by atoms with van der Waals surface area (Å²) in [5.74, 6) is -0.0363. The van der Waals surface area contributed by atoms with Crippen molar-refractivity contribution >= 4 is 23.4 Å². The molecule has 1 aliphatic rings. The second kappa shape index (κ2) is 6.27. The summed E-state index contributed by atoms with van der Waals surface area (Å²) in [5, 5.41) is 0.593. The summed E-state index contributed by atoms with van der Waals surface area (Å²) in [6.45, 7) is 0.646. The molecular weight excluding hydrogens is 276 g/mol. The van der Waals surface area contributed by atoms with Crippen LogP contribution in [0.15, 0.2) is 24.3 Å². The maximum absolute atomic E-state index is 12.4. The summed E-state index contributed by atoms with van der Waals surface area (Å²) in [6, 6.07) is 7.00. The van der Waals surface area contributed by atoms with Crippen molar-refractivity contribution in [1.82, 2.24) is 9.80 Å². The van der Waals surface area contributed by atoms with Gasteiger partial charge in [-0.3, -0.25) is 9.59 Å². The molecule has 0 spiro atoms. The molecule has 2 amide bonds. The van der Waals surface area contributed by atoms with Gasteiger partial charge in [0.15, 0.2) is 0 Å². The summed E-state index contributed by atoms with van der Waals surface area (Å²) in [6.07, 6.45) is 1.86. The van der Waals surface area contributed by atoms with E-state index in [0.717, 1.165) is 18.4 Å². The van der Waals surface area contributed by atoms with Crippen LogP contribution in [0.1, 0.15) is 18.4 Å². The van der Waals surface area contributed by atoms with Crippen LogP contribution in [0.2, 0.25) is 5.02 Å². The Hall–Kier alpha value is -1.55. The SMILES string of the molecule is CN(C)C(=O)C1CCCN1C(=O)Cc1ccccc1Cl. The third-order valence-electron chi connectivity index (χ3n) is 3.60. The van der Waals surface area contributed by atoms with E-state index in [9.17, 15) is 9.59 Å². The maximum atomic E-state index is 12.4. The topological polar surface area (TPSA) is 40.6 Å². The van der Waals surface area contributed by atoms with Crippen LogP contribution < -0.4 is 0 Å². The number of halogens is 1. The summed E-state index contributed by atoms with van der Waals surface area (Å²) >= 11 is 6.08. The quantitative estimate of drug-likeness (QED) is 0.855. The third kappa shape index (κ3) is 3.12. The van der Waals surface area contributed by atoms with E-state index in [1.54, 1.807) is 30.0 Å². The summed E-state index contributed by atoms with van der Waals surface area (Å²) in [7, 11) is 3.44. The highest BCUT2D eigenvalue weighted by Crippen LogP contribution is 2.22. The van der Waals surface area contributed by atoms with Gasteiger partial charge in [-0.1, -0.05) is 29.8 Å². The van der Waals surface area contributed by atoms with Gasteiger partial charge in [0.25, 0.3) is 0 Å². The van der Waals surface area contributed by atoms with Crippen LogP contribution in [-0.2, 0) is 16.0 Å². The Morgan fingerprint density at radius 1 is 1.35 bits per heavy atom. The number of carbonyl (C=O) groups excluding carboxylic acids is 2. The molecule has 0 saturated carbocycles. The van der Waals surface area contributed by atoms with Crippen LogP contribution >= 0.6 is 11.6 Å². The molecule has 1 aromatic carbocycles. The molecule has 1 unspecified atom stereocenters. The largest absolute Gasteiger partial charge is 0.347 e. The van der Waals surface area contributed by atoms with Gasteiger partial charge in [0, 0.05) is 25.7 Å². The summed E-state index contributed by atoms with van der Waals surface area (Å²) < 4.78 is 0. The lowest BCUT2D eigenvalue weighted by molar-refractivity contribution is -0.141. The van der Waals surface area contributed by atoms with Crippen molar-refractivity contribution in [2.75, 3.05) is 20.6 Å². The minimum atomic E-state index is -0.319. The molecule has 4 nitrogen and oxygen atoms in total. The first-order valence-electron chi connectivity index (χ1n) is 6.74. The zero-order chi connectivity index (χ0) is 14.7. The lowest BCUT2D eigenvalue weighted by Crippen LogP contribution is -2.46. The Bertz CT molecular complexity index is 516. The maximum Gasteiger partial charge on any atom is 0.244 e. The van der Waals surface area contributed by atoms with Crippen molar-refractivity contribution < 1.29 is 9.59 Å². The number of likely N-dealkylation sites (N-methyl/N-ethyl adjacent to an activating group) is 1. The van der Waals surface area contributed by atoms with Gasteiger partial charge in [0.1, 0.15) is 6.04 Å². The van der Waals surface area contributed by atoms with Crippen LogP contribution in [0, 0.1) is 0 Å². The van der Waals surface area contributed by atoms with Crippen LogP contribution in [-0.4, -0.2) is 48.3 Å². The van der Waals surface area contributed by atoms with Gasteiger partial charge in [0.05, 0.1) is 6.42 Å². The van der Waals surface area contributed by atoms with Crippen LogP contribution in [0.5, 0.6) is 0 Å². The average molecular weight is 295 g/mol. The van der Waals surface area contributed by atoms with E-state index in [0.29, 0.717) is 11.6 Å². The van der Waals surface area contributed by atoms with E-state index in [-0.39, 0.29) is 24.3 Å². The molecule has 0 bridgehead atoms. The standard InChI is InChI=1S/C15H19ClN2O2/c1-17(2)15(20)13-8-5-9-18(13)14(19)10-11-6-3-4-7-12(11)16/h3-4,6-7,13H,5,8-10H2,1-2H3. The number of nitrogens with zero attached hydrogens (tertiary/aromatic N) is 2. The molecule has 5 heteroatoms. The highest BCUT2D eigenvalue weighted by molar-refractivity contribution is 6.31. The van der Waals surface area contributed by atoms with Crippen molar-refractivity contribution in [2.24, 2.45) is 0 Å². The lowest BCUT2D eigenvalue weighted by Gasteiger charge is -2.26. The fraction of sp³-hybridized carbons (Fsp3) is 0.467. The predicted molar refractivity (Wildman–Crippen MR) is 78.6 cm³/mol. The Balaban J connectivity index is 2.09. The fourth-order valence-corrected chi connectivity index (χ4v) is 2.73. The van der Waals surface area contributed by atoms with Crippen molar-refractivity contribution in [3.05, 3.63) is 34.9 Å². The molecular formula is C15H19ClN2O2. The zero-order valence-corrected chi connectivity index (χ0v) is 12.6. The normalized spacial score (nSPS) is 18.1. The number of rotatable bonds is 3. The van der Waals surface area contributed by atoms with Gasteiger partial charge in [0.2, 0.25) is 11.8 Å². The predicted octanol–water partition coefficient (Wildman–Crippen LogP) is 1.96. The van der Waals surface area contributed by atoms with Gasteiger partial charge in [-0.05, 0) is 24.5 Å². The molecule has 1 heterocycles. The van der Waals surface area contributed by atoms with Crippen molar-refractivity contribution in [1.29, 1.82) is 0 Å². The monoisotopic (exact) mass is 294 g/mol. The van der Waals surface area contributed by atoms with E-state index in [1.165, 1.54) is 0 Å². The molecule has 1 aliphatic heterocycles. The Morgan fingerprint density at radius 3 is 2.70 bits per heavy atom. The number of hydrogen-bond donors (Lipinski definition) is 0. The fourth-order valence-electron chi connectivity index (χ4n) is 2.53. The number of carbonyl (C=O) groups is 2. The van der Waals surface area contributed by atoms with Crippen LogP contribution in [0.3, 0.4) is 0 Å². The van der Waals surface area contributed by atoms with E-state index < -0.39 is 0 Å². The number of likely N-dealkylation sites (tertiary alicyclic amines) is 1. The molecule has 0 aliphatic carbocycles. The van der Waals surface area contributed by atoms with Gasteiger partial charge in [-0.2, -0.15) is 0 Å². The molecule has 0 radical (unpaired) electrons. The molecule has 20 heavy (non-hydrogen) atoms. The van der Waals surface area contributed by atoms with E-state index in [1.807, 2.05) is 18.2 Å². The highest BCUT2D eigenvalue weighted by atomic mass is 35.5. The molecule has 2 rings (SSSR count). The Kier molecular flexibility index (Phi) is 4.65. The van der Waals surface area contributed by atoms with E-state index >= 15 is 0 Å². The van der Waals surface area contributed by atoms with Crippen LogP contribution in [0.25, 0.3) is 0 Å². The van der Waals surface area contributed by atoms with E-state index in [4.69, 9.17) is 11.6 Å². The molecule has 1 saturated heterocycles. The Labute approximate surface area is 124 Å². The molecule has 0 aromatic heterocycles. The van der Waals surface area contributed by atoms with Gasteiger partial charge in [-0.15, -0.1) is 0 Å². The number of amides is 2. The molecule has 0 N–H and O–H groups in total. The summed E-state index contributed by atoms with van der Waals surface area (Å²) in [4.78, 5) is 27.7. The molecule has 1 aromatic rings. The minimum absolute atomic E-state index is 0.00462. The van der Waals surface area contributed by atoms with E-state index in [2.05, 4.69) is 0 Å². The Morgan fingerprint density at radius 2 is 2.05 bits per heavy atom. The van der Waals surface area contributed by atoms with Crippen molar-refractivity contribution in [2.45, 2.75) is 25.3 Å². The average Bonchev–Trinajstić information content (AvgIpc) is 2.89. The second-order valence-corrected chi connectivity index (χ2v) is 5.65. The minimum Gasteiger partial charge on any atom is -0.347 e. The first kappa shape index (κ1) is 14.9. The van der Waals surface area contributed by atoms with Crippen LogP contribution in [0.4, 0.5) is 0 Å². The third-order valence-corrected chi connectivity index (χ3v) is 3.97. The number of hydrogen-bond acceptors (Lipinski definition) is 2. The smallest absolute Gasteiger partial charge is 0.244 e. The second-order valence-electron chi connectivity index (χ2n) is 5.25. The molecule has 1 atom stereocenters. The van der Waals surface area contributed by atoms with Crippen molar-refractivity contribution in [3.8, 4) is 0 Å². The first-order valence-corrected chi connectivity index (χ1v) is 7.12. The first-order chi connectivity index (χ1) is 9.50. The molecule has 1 fully saturated rings. The van der Waals surface area contributed by atoms with Gasteiger partial charge >= 0.3 is 0 Å². The number of benzene rings is 1. The summed E-state index contributed by atoms with van der Waals surface area (Å²) in [5.41, 5.74) is 0.808. The van der Waals surface area contributed by atoms with Gasteiger partial charge < -0.3 is 9.80 Å².